The molecule has 2 aromatic heterocycles. The molecule has 0 saturated heterocycles. The fourth-order valence-electron chi connectivity index (χ4n) is 2.21. The molecule has 3 rings (SSSR count). The zero-order chi connectivity index (χ0) is 17.1. The normalized spacial score (nSPS) is 11.1. The molecular formula is C17H17N5O2. The number of nitrogens with zero attached hydrogens (tertiary/aromatic N) is 5. The fraction of sp³-hybridized carbons (Fsp3) is 0.176. The quantitative estimate of drug-likeness (QED) is 0.685. The third kappa shape index (κ3) is 2.96. The summed E-state index contributed by atoms with van der Waals surface area (Å²) in [5.74, 6) is 0.490. The minimum absolute atomic E-state index is 0.326. The van der Waals surface area contributed by atoms with Crippen LogP contribution in [0, 0.1) is 0 Å². The highest BCUT2D eigenvalue weighted by atomic mass is 16.5. The Morgan fingerprint density at radius 1 is 1.25 bits per heavy atom. The summed E-state index contributed by atoms with van der Waals surface area (Å²) in [6.07, 6.45) is 5.06. The van der Waals surface area contributed by atoms with Crippen molar-refractivity contribution in [2.75, 3.05) is 21.2 Å². The topological polar surface area (TPSA) is 72.6 Å². The molecule has 2 heterocycles. The first-order valence-electron chi connectivity index (χ1n) is 7.34. The van der Waals surface area contributed by atoms with Crippen LogP contribution in [-0.2, 0) is 4.74 Å². The molecule has 24 heavy (non-hydrogen) atoms. The molecule has 0 amide bonds. The Kier molecular flexibility index (Phi) is 4.24. The Morgan fingerprint density at radius 3 is 2.67 bits per heavy atom. The lowest BCUT2D eigenvalue weighted by Gasteiger charge is -2.07. The standard InChI is InChI=1S/C17H17N5O2/c1-21(2)10-9-14-13(16(23)24-3)11-18-17-19-15(20-22(14)17)12-7-5-4-6-8-12/h4-11H,1-3H3. The van der Waals surface area contributed by atoms with E-state index in [0.717, 1.165) is 5.56 Å². The van der Waals surface area contributed by atoms with E-state index in [2.05, 4.69) is 15.1 Å². The van der Waals surface area contributed by atoms with Crippen molar-refractivity contribution in [2.24, 2.45) is 0 Å². The van der Waals surface area contributed by atoms with Gasteiger partial charge < -0.3 is 9.64 Å². The minimum Gasteiger partial charge on any atom is -0.465 e. The van der Waals surface area contributed by atoms with Crippen LogP contribution in [0.5, 0.6) is 0 Å². The average molecular weight is 323 g/mol. The minimum atomic E-state index is -0.473. The van der Waals surface area contributed by atoms with Crippen LogP contribution in [0.25, 0.3) is 23.2 Å². The van der Waals surface area contributed by atoms with Crippen LogP contribution >= 0.6 is 0 Å². The SMILES string of the molecule is COC(=O)c1cnc2nc(-c3ccccc3)nn2c1C=CN(C)C. The van der Waals surface area contributed by atoms with Gasteiger partial charge >= 0.3 is 5.97 Å². The summed E-state index contributed by atoms with van der Waals surface area (Å²) in [7, 11) is 5.12. The van der Waals surface area contributed by atoms with Crippen molar-refractivity contribution < 1.29 is 9.53 Å². The number of carbonyl (C=O) groups is 1. The van der Waals surface area contributed by atoms with E-state index in [1.165, 1.54) is 13.3 Å². The monoisotopic (exact) mass is 323 g/mol. The van der Waals surface area contributed by atoms with E-state index in [0.29, 0.717) is 22.9 Å². The smallest absolute Gasteiger partial charge is 0.341 e. The fourth-order valence-corrected chi connectivity index (χ4v) is 2.21. The maximum absolute atomic E-state index is 12.0. The van der Waals surface area contributed by atoms with Gasteiger partial charge in [0.05, 0.1) is 12.8 Å². The number of esters is 1. The van der Waals surface area contributed by atoms with Crippen molar-refractivity contribution >= 4 is 17.8 Å². The maximum Gasteiger partial charge on any atom is 0.341 e. The molecule has 0 saturated carbocycles. The number of aromatic nitrogens is 4. The molecule has 1 aromatic carbocycles. The van der Waals surface area contributed by atoms with E-state index in [1.807, 2.05) is 55.5 Å². The average Bonchev–Trinajstić information content (AvgIpc) is 3.04. The zero-order valence-corrected chi connectivity index (χ0v) is 13.7. The predicted octanol–water partition coefficient (Wildman–Crippen LogP) is 2.11. The van der Waals surface area contributed by atoms with Gasteiger partial charge in [-0.2, -0.15) is 9.50 Å². The predicted molar refractivity (Wildman–Crippen MR) is 90.3 cm³/mol. The van der Waals surface area contributed by atoms with Gasteiger partial charge in [0, 0.05) is 32.1 Å². The summed E-state index contributed by atoms with van der Waals surface area (Å²) in [6.45, 7) is 0. The Hall–Kier alpha value is -3.22. The number of ether oxygens (including phenoxy) is 1. The first kappa shape index (κ1) is 15.7. The molecule has 0 unspecified atom stereocenters. The van der Waals surface area contributed by atoms with Gasteiger partial charge in [-0.1, -0.05) is 30.3 Å². The second-order valence-corrected chi connectivity index (χ2v) is 5.34. The van der Waals surface area contributed by atoms with Gasteiger partial charge in [-0.3, -0.25) is 0 Å². The molecule has 0 aliphatic rings. The van der Waals surface area contributed by atoms with E-state index < -0.39 is 5.97 Å². The molecule has 122 valence electrons. The molecule has 0 bridgehead atoms. The van der Waals surface area contributed by atoms with Crippen LogP contribution in [-0.4, -0.2) is 51.7 Å². The Labute approximate surface area is 139 Å². The van der Waals surface area contributed by atoms with E-state index >= 15 is 0 Å². The first-order chi connectivity index (χ1) is 11.6. The molecule has 7 nitrogen and oxygen atoms in total. The molecular weight excluding hydrogens is 306 g/mol. The van der Waals surface area contributed by atoms with Crippen LogP contribution < -0.4 is 0 Å². The van der Waals surface area contributed by atoms with E-state index in [9.17, 15) is 4.79 Å². The molecule has 0 atom stereocenters. The van der Waals surface area contributed by atoms with E-state index in [-0.39, 0.29) is 0 Å². The number of rotatable bonds is 4. The second-order valence-electron chi connectivity index (χ2n) is 5.34. The van der Waals surface area contributed by atoms with Gasteiger partial charge in [0.15, 0.2) is 5.82 Å². The van der Waals surface area contributed by atoms with Gasteiger partial charge in [0.1, 0.15) is 5.56 Å². The first-order valence-corrected chi connectivity index (χ1v) is 7.34. The summed E-state index contributed by atoms with van der Waals surface area (Å²) in [6, 6.07) is 9.61. The highest BCUT2D eigenvalue weighted by molar-refractivity contribution is 5.92. The van der Waals surface area contributed by atoms with Gasteiger partial charge in [0.2, 0.25) is 0 Å². The number of carbonyl (C=O) groups excluding carboxylic acids is 1. The van der Waals surface area contributed by atoms with Gasteiger partial charge in [-0.05, 0) is 6.08 Å². The number of benzene rings is 1. The molecule has 0 fully saturated rings. The lowest BCUT2D eigenvalue weighted by molar-refractivity contribution is 0.0599. The Bertz CT molecular complexity index is 900. The molecule has 3 aromatic rings. The summed E-state index contributed by atoms with van der Waals surface area (Å²) in [5.41, 5.74) is 1.77. The number of methoxy groups -OCH3 is 1. The molecule has 0 aliphatic heterocycles. The van der Waals surface area contributed by atoms with Crippen LogP contribution in [0.2, 0.25) is 0 Å². The van der Waals surface area contributed by atoms with Crippen LogP contribution in [0.4, 0.5) is 0 Å². The zero-order valence-electron chi connectivity index (χ0n) is 13.7. The summed E-state index contributed by atoms with van der Waals surface area (Å²) in [4.78, 5) is 22.6. The Morgan fingerprint density at radius 2 is 2.00 bits per heavy atom. The van der Waals surface area contributed by atoms with E-state index in [4.69, 9.17) is 4.74 Å². The molecule has 0 spiro atoms. The highest BCUT2D eigenvalue weighted by Gasteiger charge is 2.17. The largest absolute Gasteiger partial charge is 0.465 e. The molecule has 0 radical (unpaired) electrons. The van der Waals surface area contributed by atoms with Crippen molar-refractivity contribution in [3.8, 4) is 11.4 Å². The van der Waals surface area contributed by atoms with Crippen molar-refractivity contribution in [3.63, 3.8) is 0 Å². The maximum atomic E-state index is 12.0. The van der Waals surface area contributed by atoms with E-state index in [1.54, 1.807) is 10.6 Å². The van der Waals surface area contributed by atoms with Crippen molar-refractivity contribution in [1.82, 2.24) is 24.5 Å². The lowest BCUT2D eigenvalue weighted by atomic mass is 10.2. The molecule has 7 heteroatoms. The van der Waals surface area contributed by atoms with Gasteiger partial charge in [-0.15, -0.1) is 5.10 Å². The van der Waals surface area contributed by atoms with Crippen molar-refractivity contribution in [3.05, 3.63) is 54.0 Å². The number of fused-ring (bicyclic) bond motifs is 1. The van der Waals surface area contributed by atoms with Crippen LogP contribution in [0.3, 0.4) is 0 Å². The Balaban J connectivity index is 2.21. The number of hydrogen-bond acceptors (Lipinski definition) is 6. The van der Waals surface area contributed by atoms with Crippen LogP contribution in [0.15, 0.2) is 42.7 Å². The number of hydrogen-bond donors (Lipinski definition) is 0. The third-order valence-corrected chi connectivity index (χ3v) is 3.37. The summed E-state index contributed by atoms with van der Waals surface area (Å²) < 4.78 is 6.39. The summed E-state index contributed by atoms with van der Waals surface area (Å²) >= 11 is 0. The van der Waals surface area contributed by atoms with Gasteiger partial charge in [-0.25, -0.2) is 9.78 Å². The highest BCUT2D eigenvalue weighted by Crippen LogP contribution is 2.18. The van der Waals surface area contributed by atoms with Crippen molar-refractivity contribution in [2.45, 2.75) is 0 Å². The lowest BCUT2D eigenvalue weighted by Crippen LogP contribution is -2.10. The summed E-state index contributed by atoms with van der Waals surface area (Å²) in [5, 5.41) is 4.50. The third-order valence-electron chi connectivity index (χ3n) is 3.37. The second kappa shape index (κ2) is 6.49. The molecule has 0 aliphatic carbocycles. The van der Waals surface area contributed by atoms with Crippen LogP contribution in [0.1, 0.15) is 16.1 Å². The molecule has 0 N–H and O–H groups in total. The van der Waals surface area contributed by atoms with Crippen molar-refractivity contribution in [1.29, 1.82) is 0 Å². The van der Waals surface area contributed by atoms with Gasteiger partial charge in [0.25, 0.3) is 5.78 Å².